The van der Waals surface area contributed by atoms with Crippen molar-refractivity contribution in [3.63, 3.8) is 0 Å². The molecule has 0 aliphatic rings. The van der Waals surface area contributed by atoms with Crippen LogP contribution >= 0.6 is 0 Å². The molecule has 0 unspecified atom stereocenters. The van der Waals surface area contributed by atoms with Crippen molar-refractivity contribution >= 4 is 5.69 Å². The van der Waals surface area contributed by atoms with Gasteiger partial charge in [-0.2, -0.15) is 5.26 Å². The van der Waals surface area contributed by atoms with Gasteiger partial charge in [0.25, 0.3) is 0 Å². The highest BCUT2D eigenvalue weighted by molar-refractivity contribution is 5.47. The first-order valence-electron chi connectivity index (χ1n) is 6.32. The lowest BCUT2D eigenvalue weighted by molar-refractivity contribution is 0.573. The highest BCUT2D eigenvalue weighted by Gasteiger charge is 2.06. The number of hydrogen-bond donors (Lipinski definition) is 0. The van der Waals surface area contributed by atoms with Gasteiger partial charge in [-0.3, -0.25) is 0 Å². The van der Waals surface area contributed by atoms with Gasteiger partial charge in [-0.25, -0.2) is 0 Å². The van der Waals surface area contributed by atoms with Crippen molar-refractivity contribution in [2.24, 2.45) is 5.92 Å². The Morgan fingerprint density at radius 1 is 1.18 bits per heavy atom. The maximum atomic E-state index is 8.71. The molecule has 0 aliphatic heterocycles. The average molecular weight is 230 g/mol. The van der Waals surface area contributed by atoms with Crippen LogP contribution < -0.4 is 4.90 Å². The Balaban J connectivity index is 2.67. The van der Waals surface area contributed by atoms with Gasteiger partial charge in [0.2, 0.25) is 0 Å². The molecule has 0 amide bonds. The summed E-state index contributed by atoms with van der Waals surface area (Å²) < 4.78 is 0. The molecule has 92 valence electrons. The van der Waals surface area contributed by atoms with Gasteiger partial charge >= 0.3 is 0 Å². The highest BCUT2D eigenvalue weighted by atomic mass is 15.1. The van der Waals surface area contributed by atoms with Crippen LogP contribution in [0.4, 0.5) is 5.69 Å². The maximum Gasteiger partial charge on any atom is 0.0640 e. The Bertz CT molecular complexity index is 360. The molecule has 0 aromatic heterocycles. The average Bonchev–Trinajstić information content (AvgIpc) is 2.30. The number of aryl methyl sites for hydroxylation is 1. The van der Waals surface area contributed by atoms with Crippen LogP contribution in [0, 0.1) is 24.2 Å². The Labute approximate surface area is 105 Å². The fourth-order valence-electron chi connectivity index (χ4n) is 1.72. The van der Waals surface area contributed by atoms with Gasteiger partial charge in [-0.15, -0.1) is 0 Å². The van der Waals surface area contributed by atoms with Gasteiger partial charge in [0, 0.05) is 18.8 Å². The normalized spacial score (nSPS) is 10.3. The second-order valence-electron chi connectivity index (χ2n) is 4.91. The van der Waals surface area contributed by atoms with E-state index in [1.54, 1.807) is 0 Å². The molecule has 0 N–H and O–H groups in total. The zero-order chi connectivity index (χ0) is 12.7. The van der Waals surface area contributed by atoms with Crippen molar-refractivity contribution in [1.29, 1.82) is 5.26 Å². The predicted molar refractivity (Wildman–Crippen MR) is 73.1 cm³/mol. The smallest absolute Gasteiger partial charge is 0.0640 e. The van der Waals surface area contributed by atoms with Crippen molar-refractivity contribution < 1.29 is 0 Å². The zero-order valence-corrected chi connectivity index (χ0v) is 11.1. The van der Waals surface area contributed by atoms with Gasteiger partial charge in [-0.05, 0) is 31.4 Å². The Kier molecular flexibility index (Phi) is 5.56. The first kappa shape index (κ1) is 13.6. The number of rotatable bonds is 6. The first-order chi connectivity index (χ1) is 8.13. The maximum absolute atomic E-state index is 8.71. The van der Waals surface area contributed by atoms with E-state index in [0.29, 0.717) is 12.3 Å². The summed E-state index contributed by atoms with van der Waals surface area (Å²) in [7, 11) is 0. The molecule has 17 heavy (non-hydrogen) atoms. The summed E-state index contributed by atoms with van der Waals surface area (Å²) in [5, 5.41) is 8.71. The van der Waals surface area contributed by atoms with Crippen LogP contribution in [-0.4, -0.2) is 13.1 Å². The Hall–Kier alpha value is -1.49. The number of benzene rings is 1. The van der Waals surface area contributed by atoms with E-state index in [4.69, 9.17) is 5.26 Å². The third-order valence-electron chi connectivity index (χ3n) is 2.87. The third-order valence-corrected chi connectivity index (χ3v) is 2.87. The van der Waals surface area contributed by atoms with Crippen LogP contribution in [0.5, 0.6) is 0 Å². The molecule has 0 atom stereocenters. The molecule has 2 nitrogen and oxygen atoms in total. The van der Waals surface area contributed by atoms with Gasteiger partial charge in [0.15, 0.2) is 0 Å². The molecule has 1 aromatic carbocycles. The predicted octanol–water partition coefficient (Wildman–Crippen LogP) is 3.76. The largest absolute Gasteiger partial charge is 0.370 e. The second-order valence-corrected chi connectivity index (χ2v) is 4.91. The van der Waals surface area contributed by atoms with Crippen molar-refractivity contribution in [3.8, 4) is 6.07 Å². The molecule has 0 saturated carbocycles. The van der Waals surface area contributed by atoms with Crippen LogP contribution in [0.25, 0.3) is 0 Å². The summed E-state index contributed by atoms with van der Waals surface area (Å²) in [5.41, 5.74) is 2.50. The Morgan fingerprint density at radius 3 is 2.35 bits per heavy atom. The van der Waals surface area contributed by atoms with Crippen molar-refractivity contribution in [2.45, 2.75) is 33.6 Å². The van der Waals surface area contributed by atoms with E-state index in [1.807, 2.05) is 0 Å². The van der Waals surface area contributed by atoms with E-state index in [-0.39, 0.29) is 0 Å². The van der Waals surface area contributed by atoms with E-state index < -0.39 is 0 Å². The fraction of sp³-hybridized carbons (Fsp3) is 0.533. The molecule has 0 saturated heterocycles. The van der Waals surface area contributed by atoms with Crippen LogP contribution in [0.2, 0.25) is 0 Å². The summed E-state index contributed by atoms with van der Waals surface area (Å²) in [4.78, 5) is 2.31. The van der Waals surface area contributed by atoms with Crippen molar-refractivity contribution in [2.75, 3.05) is 18.0 Å². The van der Waals surface area contributed by atoms with Gasteiger partial charge in [0.05, 0.1) is 12.5 Å². The van der Waals surface area contributed by atoms with Crippen LogP contribution in [0.15, 0.2) is 24.3 Å². The molecule has 0 spiro atoms. The van der Waals surface area contributed by atoms with Crippen LogP contribution in [-0.2, 0) is 0 Å². The minimum Gasteiger partial charge on any atom is -0.370 e. The summed E-state index contributed by atoms with van der Waals surface area (Å²) in [5.74, 6) is 0.699. The van der Waals surface area contributed by atoms with E-state index in [0.717, 1.165) is 13.1 Å². The van der Waals surface area contributed by atoms with Crippen LogP contribution in [0.3, 0.4) is 0 Å². The zero-order valence-electron chi connectivity index (χ0n) is 11.1. The standard InChI is InChI=1S/C15H22N2/c1-13(2)9-12-17(11-4-10-16)15-7-5-14(3)6-8-15/h5-8,13H,4,9,11-12H2,1-3H3. The molecule has 1 aromatic rings. The number of anilines is 1. The summed E-state index contributed by atoms with van der Waals surface area (Å²) >= 11 is 0. The molecule has 1 rings (SSSR count). The van der Waals surface area contributed by atoms with E-state index in [9.17, 15) is 0 Å². The number of hydrogen-bond acceptors (Lipinski definition) is 2. The van der Waals surface area contributed by atoms with Crippen molar-refractivity contribution in [1.82, 2.24) is 0 Å². The van der Waals surface area contributed by atoms with E-state index in [1.165, 1.54) is 17.7 Å². The molecular formula is C15H22N2. The second kappa shape index (κ2) is 6.96. The summed E-state index contributed by atoms with van der Waals surface area (Å²) in [6.45, 7) is 8.42. The number of nitrogens with zero attached hydrogens (tertiary/aromatic N) is 2. The quantitative estimate of drug-likeness (QED) is 0.744. The molecule has 0 radical (unpaired) electrons. The van der Waals surface area contributed by atoms with Gasteiger partial charge in [0.1, 0.15) is 0 Å². The topological polar surface area (TPSA) is 27.0 Å². The molecule has 0 fully saturated rings. The first-order valence-corrected chi connectivity index (χ1v) is 6.32. The molecule has 0 aliphatic carbocycles. The minimum absolute atomic E-state index is 0.589. The van der Waals surface area contributed by atoms with Crippen LogP contribution in [0.1, 0.15) is 32.3 Å². The lowest BCUT2D eigenvalue weighted by Crippen LogP contribution is -2.26. The lowest BCUT2D eigenvalue weighted by Gasteiger charge is -2.24. The molecule has 2 heteroatoms. The molecule has 0 bridgehead atoms. The SMILES string of the molecule is Cc1ccc(N(CCC#N)CCC(C)C)cc1. The summed E-state index contributed by atoms with van der Waals surface area (Å²) in [6.07, 6.45) is 1.76. The molecular weight excluding hydrogens is 208 g/mol. The van der Waals surface area contributed by atoms with Crippen molar-refractivity contribution in [3.05, 3.63) is 29.8 Å². The van der Waals surface area contributed by atoms with E-state index >= 15 is 0 Å². The van der Waals surface area contributed by atoms with Gasteiger partial charge < -0.3 is 4.90 Å². The number of nitriles is 1. The monoisotopic (exact) mass is 230 g/mol. The molecule has 0 heterocycles. The Morgan fingerprint density at radius 2 is 1.82 bits per heavy atom. The summed E-state index contributed by atoms with van der Waals surface area (Å²) in [6, 6.07) is 10.8. The lowest BCUT2D eigenvalue weighted by atomic mass is 10.1. The fourth-order valence-corrected chi connectivity index (χ4v) is 1.72. The minimum atomic E-state index is 0.589. The van der Waals surface area contributed by atoms with Gasteiger partial charge in [-0.1, -0.05) is 31.5 Å². The third kappa shape index (κ3) is 4.91. The highest BCUT2D eigenvalue weighted by Crippen LogP contribution is 2.17. The van der Waals surface area contributed by atoms with E-state index in [2.05, 4.69) is 56.0 Å².